The summed E-state index contributed by atoms with van der Waals surface area (Å²) in [4.78, 5) is 3.94. The van der Waals surface area contributed by atoms with Crippen molar-refractivity contribution in [2.75, 3.05) is 26.6 Å². The van der Waals surface area contributed by atoms with E-state index in [0.717, 1.165) is 11.8 Å². The second-order valence-electron chi connectivity index (χ2n) is 4.23. The van der Waals surface area contributed by atoms with Crippen LogP contribution >= 0.6 is 0 Å². The molecule has 2 rings (SSSR count). The zero-order valence-corrected chi connectivity index (χ0v) is 12.1. The minimum Gasteiger partial charge on any atom is -0.496 e. The molecule has 5 nitrogen and oxygen atoms in total. The number of methoxy groups -OCH3 is 3. The number of nitrogens with zero attached hydrogens (tertiary/aromatic N) is 1. The van der Waals surface area contributed by atoms with Gasteiger partial charge in [-0.25, -0.2) is 9.37 Å². The van der Waals surface area contributed by atoms with Crippen LogP contribution in [0.1, 0.15) is 5.56 Å². The van der Waals surface area contributed by atoms with Crippen LogP contribution < -0.4 is 19.5 Å². The number of rotatable bonds is 6. The van der Waals surface area contributed by atoms with Crippen molar-refractivity contribution in [3.63, 3.8) is 0 Å². The third-order valence-electron chi connectivity index (χ3n) is 2.97. The van der Waals surface area contributed by atoms with E-state index in [-0.39, 0.29) is 5.82 Å². The fourth-order valence-electron chi connectivity index (χ4n) is 1.90. The Hall–Kier alpha value is -2.50. The zero-order chi connectivity index (χ0) is 15.2. The summed E-state index contributed by atoms with van der Waals surface area (Å²) in [6.45, 7) is 0.460. The van der Waals surface area contributed by atoms with Crippen molar-refractivity contribution in [2.24, 2.45) is 0 Å². The SMILES string of the molecule is COc1cc(OC)c(OC)cc1CNc1ccc(F)cn1. The molecule has 0 fully saturated rings. The molecule has 1 aromatic carbocycles. The lowest BCUT2D eigenvalue weighted by molar-refractivity contribution is 0.347. The number of hydrogen-bond donors (Lipinski definition) is 1. The molecule has 0 aliphatic rings. The first kappa shape index (κ1) is 14.9. The molecule has 1 aromatic heterocycles. The van der Waals surface area contributed by atoms with Gasteiger partial charge in [0.25, 0.3) is 0 Å². The van der Waals surface area contributed by atoms with Gasteiger partial charge in [-0.3, -0.25) is 0 Å². The van der Waals surface area contributed by atoms with Gasteiger partial charge in [0.05, 0.1) is 27.5 Å². The molecule has 0 amide bonds. The molecular formula is C15H17FN2O3. The van der Waals surface area contributed by atoms with Crippen molar-refractivity contribution in [1.29, 1.82) is 0 Å². The van der Waals surface area contributed by atoms with Crippen molar-refractivity contribution >= 4 is 5.82 Å². The molecule has 6 heteroatoms. The van der Waals surface area contributed by atoms with Crippen molar-refractivity contribution in [1.82, 2.24) is 4.98 Å². The predicted molar refractivity (Wildman–Crippen MR) is 77.6 cm³/mol. The highest BCUT2D eigenvalue weighted by molar-refractivity contribution is 5.51. The Morgan fingerprint density at radius 2 is 1.67 bits per heavy atom. The molecule has 0 atom stereocenters. The highest BCUT2D eigenvalue weighted by atomic mass is 19.1. The predicted octanol–water partition coefficient (Wildman–Crippen LogP) is 2.86. The standard InChI is InChI=1S/C15H17FN2O3/c1-19-12-7-14(21-3)13(20-2)6-10(12)8-17-15-5-4-11(16)9-18-15/h4-7,9H,8H2,1-3H3,(H,17,18). The summed E-state index contributed by atoms with van der Waals surface area (Å²) in [6.07, 6.45) is 1.16. The average Bonchev–Trinajstić information content (AvgIpc) is 2.53. The third-order valence-corrected chi connectivity index (χ3v) is 2.97. The molecule has 2 aromatic rings. The number of ether oxygens (including phenoxy) is 3. The van der Waals surface area contributed by atoms with Gasteiger partial charge in [-0.2, -0.15) is 0 Å². The molecule has 1 heterocycles. The average molecular weight is 292 g/mol. The van der Waals surface area contributed by atoms with E-state index in [4.69, 9.17) is 14.2 Å². The van der Waals surface area contributed by atoms with E-state index in [9.17, 15) is 4.39 Å². The Bertz CT molecular complexity index is 603. The number of halogens is 1. The van der Waals surface area contributed by atoms with Gasteiger partial charge in [-0.15, -0.1) is 0 Å². The lowest BCUT2D eigenvalue weighted by Gasteiger charge is -2.14. The van der Waals surface area contributed by atoms with Crippen LogP contribution in [0.5, 0.6) is 17.2 Å². The molecule has 0 bridgehead atoms. The molecule has 0 saturated heterocycles. The number of nitrogens with one attached hydrogen (secondary N) is 1. The van der Waals surface area contributed by atoms with Gasteiger partial charge in [0.1, 0.15) is 17.4 Å². The monoisotopic (exact) mass is 292 g/mol. The zero-order valence-electron chi connectivity index (χ0n) is 12.1. The van der Waals surface area contributed by atoms with Gasteiger partial charge in [0.2, 0.25) is 0 Å². The number of benzene rings is 1. The molecule has 0 radical (unpaired) electrons. The second kappa shape index (κ2) is 6.78. The van der Waals surface area contributed by atoms with E-state index >= 15 is 0 Å². The fraction of sp³-hybridized carbons (Fsp3) is 0.267. The fourth-order valence-corrected chi connectivity index (χ4v) is 1.90. The van der Waals surface area contributed by atoms with Gasteiger partial charge in [-0.05, 0) is 18.2 Å². The number of pyridine rings is 1. The van der Waals surface area contributed by atoms with Crippen molar-refractivity contribution in [2.45, 2.75) is 6.54 Å². The van der Waals surface area contributed by atoms with Crippen LogP contribution in [0.3, 0.4) is 0 Å². The number of hydrogen-bond acceptors (Lipinski definition) is 5. The summed E-state index contributed by atoms with van der Waals surface area (Å²) in [7, 11) is 4.72. The minimum atomic E-state index is -0.371. The van der Waals surface area contributed by atoms with Gasteiger partial charge in [0.15, 0.2) is 11.5 Å². The van der Waals surface area contributed by atoms with Crippen molar-refractivity contribution in [3.8, 4) is 17.2 Å². The lowest BCUT2D eigenvalue weighted by atomic mass is 10.1. The Morgan fingerprint density at radius 1 is 1.00 bits per heavy atom. The normalized spacial score (nSPS) is 10.1. The summed E-state index contributed by atoms with van der Waals surface area (Å²) in [5, 5.41) is 3.10. The second-order valence-corrected chi connectivity index (χ2v) is 4.23. The van der Waals surface area contributed by atoms with Crippen LogP contribution in [0, 0.1) is 5.82 Å². The van der Waals surface area contributed by atoms with Crippen LogP contribution in [-0.4, -0.2) is 26.3 Å². The van der Waals surface area contributed by atoms with Gasteiger partial charge in [0, 0.05) is 18.2 Å². The molecule has 0 unspecified atom stereocenters. The largest absolute Gasteiger partial charge is 0.496 e. The molecule has 0 aliphatic carbocycles. The first-order valence-corrected chi connectivity index (χ1v) is 6.32. The first-order valence-electron chi connectivity index (χ1n) is 6.32. The van der Waals surface area contributed by atoms with E-state index in [1.165, 1.54) is 6.07 Å². The van der Waals surface area contributed by atoms with Gasteiger partial charge < -0.3 is 19.5 Å². The van der Waals surface area contributed by atoms with Crippen LogP contribution in [-0.2, 0) is 6.54 Å². The van der Waals surface area contributed by atoms with Crippen molar-refractivity contribution in [3.05, 3.63) is 41.8 Å². The lowest BCUT2D eigenvalue weighted by Crippen LogP contribution is -2.04. The smallest absolute Gasteiger partial charge is 0.164 e. The highest BCUT2D eigenvalue weighted by Gasteiger charge is 2.11. The van der Waals surface area contributed by atoms with Crippen LogP contribution in [0.2, 0.25) is 0 Å². The van der Waals surface area contributed by atoms with E-state index in [1.807, 2.05) is 6.07 Å². The van der Waals surface area contributed by atoms with E-state index in [0.29, 0.717) is 29.6 Å². The van der Waals surface area contributed by atoms with E-state index < -0.39 is 0 Å². The Kier molecular flexibility index (Phi) is 4.81. The minimum absolute atomic E-state index is 0.371. The van der Waals surface area contributed by atoms with E-state index in [1.54, 1.807) is 33.5 Å². The first-order chi connectivity index (χ1) is 10.2. The molecule has 21 heavy (non-hydrogen) atoms. The van der Waals surface area contributed by atoms with Crippen molar-refractivity contribution < 1.29 is 18.6 Å². The van der Waals surface area contributed by atoms with Gasteiger partial charge >= 0.3 is 0 Å². The molecule has 112 valence electrons. The Labute approximate surface area is 122 Å². The quantitative estimate of drug-likeness (QED) is 0.887. The maximum atomic E-state index is 12.8. The summed E-state index contributed by atoms with van der Waals surface area (Å²) in [5.41, 5.74) is 0.876. The maximum Gasteiger partial charge on any atom is 0.164 e. The Morgan fingerprint density at radius 3 is 2.24 bits per heavy atom. The maximum absolute atomic E-state index is 12.8. The number of anilines is 1. The third kappa shape index (κ3) is 3.53. The van der Waals surface area contributed by atoms with Crippen LogP contribution in [0.4, 0.5) is 10.2 Å². The highest BCUT2D eigenvalue weighted by Crippen LogP contribution is 2.34. The molecular weight excluding hydrogens is 275 g/mol. The molecule has 0 saturated carbocycles. The van der Waals surface area contributed by atoms with Gasteiger partial charge in [-0.1, -0.05) is 0 Å². The molecule has 1 N–H and O–H groups in total. The van der Waals surface area contributed by atoms with Crippen LogP contribution in [0.25, 0.3) is 0 Å². The topological polar surface area (TPSA) is 52.6 Å². The number of aromatic nitrogens is 1. The summed E-state index contributed by atoms with van der Waals surface area (Å²) in [6, 6.07) is 6.51. The summed E-state index contributed by atoms with van der Waals surface area (Å²) < 4.78 is 28.6. The molecule has 0 spiro atoms. The summed E-state index contributed by atoms with van der Waals surface area (Å²) in [5.74, 6) is 2.08. The molecule has 0 aliphatic heterocycles. The summed E-state index contributed by atoms with van der Waals surface area (Å²) >= 11 is 0. The van der Waals surface area contributed by atoms with Crippen LogP contribution in [0.15, 0.2) is 30.5 Å². The Balaban J connectivity index is 2.20. The van der Waals surface area contributed by atoms with E-state index in [2.05, 4.69) is 10.3 Å².